The molecule has 4 saturated carbocycles. The van der Waals surface area contributed by atoms with Crippen molar-refractivity contribution in [1.29, 1.82) is 0 Å². The van der Waals surface area contributed by atoms with Gasteiger partial charge in [-0.05, 0) is 74.5 Å². The zero-order valence-electron chi connectivity index (χ0n) is 11.4. The van der Waals surface area contributed by atoms with Crippen LogP contribution in [0.4, 0.5) is 0 Å². The Labute approximate surface area is 114 Å². The molecular weight excluding hydrogens is 238 g/mol. The quantitative estimate of drug-likeness (QED) is 0.905. The lowest BCUT2D eigenvalue weighted by atomic mass is 9.51. The fourth-order valence-corrected chi connectivity index (χ4v) is 5.35. The van der Waals surface area contributed by atoms with E-state index < -0.39 is 0 Å². The number of nitrogens with two attached hydrogens (primary N) is 1. The van der Waals surface area contributed by atoms with Crippen LogP contribution in [0.15, 0.2) is 10.8 Å². The second kappa shape index (κ2) is 4.58. The number of hydrogen-bond acceptors (Lipinski definition) is 4. The van der Waals surface area contributed by atoms with Gasteiger partial charge in [-0.15, -0.1) is 10.2 Å². The highest BCUT2D eigenvalue weighted by Gasteiger charge is 2.47. The molecule has 4 bridgehead atoms. The highest BCUT2D eigenvalue weighted by atomic mass is 16.4. The van der Waals surface area contributed by atoms with Crippen LogP contribution in [0.25, 0.3) is 0 Å². The van der Waals surface area contributed by atoms with E-state index in [4.69, 9.17) is 10.2 Å². The Morgan fingerprint density at radius 3 is 2.42 bits per heavy atom. The molecule has 0 radical (unpaired) electrons. The van der Waals surface area contributed by atoms with E-state index in [-0.39, 0.29) is 6.04 Å². The van der Waals surface area contributed by atoms with Crippen LogP contribution in [0.2, 0.25) is 0 Å². The fourth-order valence-electron chi connectivity index (χ4n) is 5.35. The minimum absolute atomic E-state index is 0.0697. The van der Waals surface area contributed by atoms with Crippen molar-refractivity contribution in [3.05, 3.63) is 12.3 Å². The number of nitrogens with zero attached hydrogens (tertiary/aromatic N) is 2. The Hall–Kier alpha value is -0.900. The second-order valence-electron chi connectivity index (χ2n) is 7.06. The van der Waals surface area contributed by atoms with Crippen LogP contribution in [0, 0.1) is 29.6 Å². The highest BCUT2D eigenvalue weighted by Crippen LogP contribution is 2.57. The van der Waals surface area contributed by atoms with Gasteiger partial charge in [-0.3, -0.25) is 0 Å². The maximum atomic E-state index is 6.15. The van der Waals surface area contributed by atoms with Crippen LogP contribution in [-0.2, 0) is 0 Å². The van der Waals surface area contributed by atoms with Crippen molar-refractivity contribution >= 4 is 0 Å². The lowest BCUT2D eigenvalue weighted by molar-refractivity contribution is -0.0410. The first kappa shape index (κ1) is 11.9. The largest absolute Gasteiger partial charge is 0.426 e. The van der Waals surface area contributed by atoms with E-state index in [1.54, 1.807) is 0 Å². The average Bonchev–Trinajstić information content (AvgIpc) is 2.90. The molecule has 4 aliphatic rings. The van der Waals surface area contributed by atoms with Gasteiger partial charge in [0.15, 0.2) is 0 Å². The first-order valence-corrected chi connectivity index (χ1v) is 7.81. The summed E-state index contributed by atoms with van der Waals surface area (Å²) in [7, 11) is 0. The molecule has 0 spiro atoms. The summed E-state index contributed by atoms with van der Waals surface area (Å²) >= 11 is 0. The molecule has 0 aliphatic heterocycles. The van der Waals surface area contributed by atoms with E-state index in [2.05, 4.69) is 10.2 Å². The Balaban J connectivity index is 1.38. The van der Waals surface area contributed by atoms with Gasteiger partial charge >= 0.3 is 0 Å². The van der Waals surface area contributed by atoms with Gasteiger partial charge in [-0.25, -0.2) is 0 Å². The molecule has 1 heterocycles. The third kappa shape index (κ3) is 2.10. The van der Waals surface area contributed by atoms with Gasteiger partial charge in [0, 0.05) is 0 Å². The van der Waals surface area contributed by atoms with E-state index in [0.717, 1.165) is 36.0 Å². The molecule has 4 heteroatoms. The zero-order chi connectivity index (χ0) is 12.8. The van der Waals surface area contributed by atoms with E-state index in [1.165, 1.54) is 44.9 Å². The van der Waals surface area contributed by atoms with E-state index in [0.29, 0.717) is 5.89 Å². The van der Waals surface area contributed by atoms with Crippen molar-refractivity contribution in [3.8, 4) is 0 Å². The molecule has 104 valence electrons. The minimum atomic E-state index is -0.0697. The molecule has 19 heavy (non-hydrogen) atoms. The molecule has 4 fully saturated rings. The van der Waals surface area contributed by atoms with Gasteiger partial charge < -0.3 is 10.2 Å². The lowest BCUT2D eigenvalue weighted by Crippen LogP contribution is -2.45. The third-order valence-corrected chi connectivity index (χ3v) is 5.93. The average molecular weight is 261 g/mol. The molecule has 5 rings (SSSR count). The van der Waals surface area contributed by atoms with Crippen molar-refractivity contribution in [2.45, 2.75) is 51.0 Å². The van der Waals surface area contributed by atoms with Crippen molar-refractivity contribution in [1.82, 2.24) is 10.2 Å². The molecule has 0 amide bonds. The first-order chi connectivity index (χ1) is 9.29. The van der Waals surface area contributed by atoms with Crippen LogP contribution in [-0.4, -0.2) is 10.2 Å². The molecule has 0 aromatic carbocycles. The molecule has 1 atom stereocenters. The summed E-state index contributed by atoms with van der Waals surface area (Å²) in [5.41, 5.74) is 6.15. The predicted molar refractivity (Wildman–Crippen MR) is 71.0 cm³/mol. The minimum Gasteiger partial charge on any atom is -0.426 e. The number of hydrogen-bond donors (Lipinski definition) is 1. The van der Waals surface area contributed by atoms with Crippen molar-refractivity contribution in [2.75, 3.05) is 0 Å². The Morgan fingerprint density at radius 2 is 1.84 bits per heavy atom. The van der Waals surface area contributed by atoms with Gasteiger partial charge in [0.2, 0.25) is 12.3 Å². The Kier molecular flexibility index (Phi) is 2.87. The third-order valence-electron chi connectivity index (χ3n) is 5.93. The summed E-state index contributed by atoms with van der Waals surface area (Å²) in [6.07, 6.45) is 11.1. The molecule has 4 nitrogen and oxygen atoms in total. The van der Waals surface area contributed by atoms with Gasteiger partial charge in [0.1, 0.15) is 0 Å². The lowest BCUT2D eigenvalue weighted by Gasteiger charge is -2.54. The van der Waals surface area contributed by atoms with E-state index in [9.17, 15) is 0 Å². The monoisotopic (exact) mass is 261 g/mol. The topological polar surface area (TPSA) is 64.9 Å². The van der Waals surface area contributed by atoms with E-state index >= 15 is 0 Å². The van der Waals surface area contributed by atoms with Crippen LogP contribution in [0.3, 0.4) is 0 Å². The van der Waals surface area contributed by atoms with Crippen LogP contribution < -0.4 is 5.73 Å². The SMILES string of the molecule is NC(CCC1C2CC3CC(C2)CC1C3)c1nnco1. The molecule has 4 aliphatic carbocycles. The maximum absolute atomic E-state index is 6.15. The molecule has 2 N–H and O–H groups in total. The number of rotatable bonds is 4. The normalized spacial score (nSPS) is 41.6. The van der Waals surface area contributed by atoms with Gasteiger partial charge in [0.05, 0.1) is 6.04 Å². The summed E-state index contributed by atoms with van der Waals surface area (Å²) in [5, 5.41) is 7.64. The summed E-state index contributed by atoms with van der Waals surface area (Å²) in [5.74, 6) is 5.62. The standard InChI is InChI=1S/C15H23N3O/c16-14(15-18-17-8-19-15)2-1-13-11-4-9-3-10(6-11)7-12(13)5-9/h8-14H,1-7,16H2. The summed E-state index contributed by atoms with van der Waals surface area (Å²) in [6.45, 7) is 0. The van der Waals surface area contributed by atoms with Crippen molar-refractivity contribution in [3.63, 3.8) is 0 Å². The molecule has 0 saturated heterocycles. The maximum Gasteiger partial charge on any atom is 0.232 e. The van der Waals surface area contributed by atoms with Crippen LogP contribution >= 0.6 is 0 Å². The zero-order valence-corrected chi connectivity index (χ0v) is 11.4. The Morgan fingerprint density at radius 1 is 1.16 bits per heavy atom. The van der Waals surface area contributed by atoms with Crippen LogP contribution in [0.1, 0.15) is 56.9 Å². The Bertz CT molecular complexity index is 403. The molecule has 1 aromatic rings. The highest BCUT2D eigenvalue weighted by molar-refractivity contribution is 4.98. The van der Waals surface area contributed by atoms with Crippen LogP contribution in [0.5, 0.6) is 0 Å². The van der Waals surface area contributed by atoms with Gasteiger partial charge in [0.25, 0.3) is 0 Å². The van der Waals surface area contributed by atoms with E-state index in [1.807, 2.05) is 0 Å². The van der Waals surface area contributed by atoms with Crippen molar-refractivity contribution < 1.29 is 4.42 Å². The predicted octanol–water partition coefficient (Wildman–Crippen LogP) is 2.92. The summed E-state index contributed by atoms with van der Waals surface area (Å²) in [4.78, 5) is 0. The summed E-state index contributed by atoms with van der Waals surface area (Å²) in [6, 6.07) is -0.0697. The molecule has 1 unspecified atom stereocenters. The number of aromatic nitrogens is 2. The fraction of sp³-hybridized carbons (Fsp3) is 0.867. The van der Waals surface area contributed by atoms with Crippen molar-refractivity contribution in [2.24, 2.45) is 35.3 Å². The van der Waals surface area contributed by atoms with Gasteiger partial charge in [-0.2, -0.15) is 0 Å². The summed E-state index contributed by atoms with van der Waals surface area (Å²) < 4.78 is 5.21. The first-order valence-electron chi connectivity index (χ1n) is 7.81. The van der Waals surface area contributed by atoms with Gasteiger partial charge in [-0.1, -0.05) is 0 Å². The molecule has 1 aromatic heterocycles. The smallest absolute Gasteiger partial charge is 0.232 e. The molecular formula is C15H23N3O. The second-order valence-corrected chi connectivity index (χ2v) is 7.06.